The molecule has 2 N–H and O–H groups in total. The van der Waals surface area contributed by atoms with Crippen molar-refractivity contribution in [2.75, 3.05) is 0 Å². The van der Waals surface area contributed by atoms with E-state index in [1.54, 1.807) is 12.5 Å². The summed E-state index contributed by atoms with van der Waals surface area (Å²) >= 11 is 0. The molecule has 7 rings (SSSR count). The van der Waals surface area contributed by atoms with Crippen molar-refractivity contribution in [3.63, 3.8) is 0 Å². The Bertz CT molecular complexity index is 1170. The number of fused-ring (bicyclic) bond motifs is 1. The molecule has 4 bridgehead atoms. The van der Waals surface area contributed by atoms with E-state index in [1.165, 1.54) is 19.3 Å². The molecule has 30 heavy (non-hydrogen) atoms. The van der Waals surface area contributed by atoms with Gasteiger partial charge in [0.1, 0.15) is 11.4 Å². The van der Waals surface area contributed by atoms with Crippen LogP contribution in [0.15, 0.2) is 30.7 Å². The summed E-state index contributed by atoms with van der Waals surface area (Å²) in [6.07, 6.45) is 11.0. The second-order valence-electron chi connectivity index (χ2n) is 9.62. The van der Waals surface area contributed by atoms with Crippen molar-refractivity contribution in [1.29, 1.82) is 0 Å². The van der Waals surface area contributed by atoms with Crippen molar-refractivity contribution < 1.29 is 4.79 Å². The highest BCUT2D eigenvalue weighted by Crippen LogP contribution is 2.55. The number of aromatic amines is 1. The number of carbonyl (C=O) groups excluding carboxylic acids is 1. The highest BCUT2D eigenvalue weighted by atomic mass is 16.1. The molecule has 0 atom stereocenters. The molecular weight excluding hydrogens is 374 g/mol. The first-order chi connectivity index (χ1) is 14.6. The molecule has 152 valence electrons. The van der Waals surface area contributed by atoms with Crippen LogP contribution < -0.4 is 5.32 Å². The Balaban J connectivity index is 1.24. The van der Waals surface area contributed by atoms with E-state index in [2.05, 4.69) is 32.3 Å². The van der Waals surface area contributed by atoms with Gasteiger partial charge in [0.15, 0.2) is 0 Å². The van der Waals surface area contributed by atoms with Crippen LogP contribution in [0.3, 0.4) is 0 Å². The number of rotatable bonds is 2. The Labute approximate surface area is 175 Å². The number of nitrogens with zero attached hydrogens (tertiary/aromatic N) is 3. The maximum Gasteiger partial charge on any atom is 0.251 e. The van der Waals surface area contributed by atoms with Crippen LogP contribution in [0.5, 0.6) is 0 Å². The lowest BCUT2D eigenvalue weighted by Crippen LogP contribution is -2.59. The van der Waals surface area contributed by atoms with E-state index < -0.39 is 0 Å². The summed E-state index contributed by atoms with van der Waals surface area (Å²) in [5, 5.41) is 11.8. The lowest BCUT2D eigenvalue weighted by atomic mass is 9.53. The summed E-state index contributed by atoms with van der Waals surface area (Å²) in [5.41, 5.74) is 3.06. The Morgan fingerprint density at radius 3 is 2.57 bits per heavy atom. The second kappa shape index (κ2) is 6.46. The summed E-state index contributed by atoms with van der Waals surface area (Å²) < 4.78 is 1.87. The average Bonchev–Trinajstić information content (AvgIpc) is 3.30. The third kappa shape index (κ3) is 2.92. The monoisotopic (exact) mass is 399 g/mol. The predicted octanol–water partition coefficient (Wildman–Crippen LogP) is 3.39. The molecule has 0 unspecified atom stereocenters. The average molecular weight is 399 g/mol. The largest absolute Gasteiger partial charge is 0.347 e. The van der Waals surface area contributed by atoms with Crippen molar-refractivity contribution in [3.05, 3.63) is 47.7 Å². The van der Waals surface area contributed by atoms with Gasteiger partial charge in [0.05, 0.1) is 18.0 Å². The van der Waals surface area contributed by atoms with Gasteiger partial charge in [-0.15, -0.1) is 0 Å². The first-order valence-corrected chi connectivity index (χ1v) is 10.9. The molecular formula is C24H25N5O. The van der Waals surface area contributed by atoms with E-state index in [1.807, 2.05) is 29.8 Å². The van der Waals surface area contributed by atoms with Gasteiger partial charge in [-0.1, -0.05) is 0 Å². The van der Waals surface area contributed by atoms with Gasteiger partial charge in [0.2, 0.25) is 0 Å². The minimum atomic E-state index is 0.0223. The van der Waals surface area contributed by atoms with Crippen LogP contribution in [-0.2, 0) is 7.05 Å². The Morgan fingerprint density at radius 2 is 1.90 bits per heavy atom. The third-order valence-electron chi connectivity index (χ3n) is 7.37. The quantitative estimate of drug-likeness (QED) is 0.649. The smallest absolute Gasteiger partial charge is 0.251 e. The van der Waals surface area contributed by atoms with Crippen molar-refractivity contribution in [1.82, 2.24) is 25.1 Å². The van der Waals surface area contributed by atoms with Gasteiger partial charge in [-0.3, -0.25) is 9.89 Å². The fraction of sp³-hybridized carbons (Fsp3) is 0.458. The van der Waals surface area contributed by atoms with Crippen molar-refractivity contribution in [2.24, 2.45) is 24.8 Å². The number of aryl methyl sites for hydroxylation is 1. The van der Waals surface area contributed by atoms with Crippen LogP contribution in [0.4, 0.5) is 0 Å². The zero-order chi connectivity index (χ0) is 20.3. The van der Waals surface area contributed by atoms with Gasteiger partial charge in [0.25, 0.3) is 5.91 Å². The molecule has 4 aliphatic carbocycles. The molecule has 0 saturated heterocycles. The van der Waals surface area contributed by atoms with E-state index >= 15 is 0 Å². The van der Waals surface area contributed by atoms with Gasteiger partial charge in [-0.25, -0.2) is 4.98 Å². The Morgan fingerprint density at radius 1 is 1.17 bits per heavy atom. The van der Waals surface area contributed by atoms with Crippen LogP contribution in [0.1, 0.15) is 60.3 Å². The topological polar surface area (TPSA) is 75.6 Å². The van der Waals surface area contributed by atoms with Gasteiger partial charge in [-0.05, 0) is 86.3 Å². The van der Waals surface area contributed by atoms with Gasteiger partial charge in [-0.2, -0.15) is 5.10 Å². The molecule has 4 fully saturated rings. The standard InChI is InChI=1S/C24H25N5O/c1-29-14-25-13-19(29)3-5-21-20-4-2-18(9-22(20)28-27-21)23(30)26-24-10-15-6-16(11-24)8-17(7-15)12-24/h2,4,9,13-17H,6-8,10-12H2,1H3,(H,26,30)(H,27,28). The molecule has 2 heterocycles. The number of hydrogen-bond acceptors (Lipinski definition) is 3. The fourth-order valence-electron chi connectivity index (χ4n) is 6.43. The fourth-order valence-corrected chi connectivity index (χ4v) is 6.43. The maximum atomic E-state index is 13.1. The number of aromatic nitrogens is 4. The summed E-state index contributed by atoms with van der Waals surface area (Å²) in [7, 11) is 1.91. The summed E-state index contributed by atoms with van der Waals surface area (Å²) in [5.74, 6) is 8.68. The zero-order valence-electron chi connectivity index (χ0n) is 17.1. The number of hydrogen-bond donors (Lipinski definition) is 2. The van der Waals surface area contributed by atoms with Gasteiger partial charge in [0, 0.05) is 23.5 Å². The van der Waals surface area contributed by atoms with Crippen LogP contribution >= 0.6 is 0 Å². The SMILES string of the molecule is Cn1cncc1C#Cc1n[nH]c2cc(C(=O)NC34CC5CC(CC(C5)C3)C4)ccc12. The molecule has 0 aliphatic heterocycles. The highest BCUT2D eigenvalue weighted by molar-refractivity contribution is 5.99. The summed E-state index contributed by atoms with van der Waals surface area (Å²) in [4.78, 5) is 17.2. The van der Waals surface area contributed by atoms with Crippen molar-refractivity contribution in [2.45, 2.75) is 44.1 Å². The molecule has 0 radical (unpaired) electrons. The molecule has 0 spiro atoms. The number of amides is 1. The Kier molecular flexibility index (Phi) is 3.83. The van der Waals surface area contributed by atoms with E-state index in [0.29, 0.717) is 11.3 Å². The van der Waals surface area contributed by atoms with Crippen LogP contribution in [0.25, 0.3) is 10.9 Å². The molecule has 6 nitrogen and oxygen atoms in total. The summed E-state index contributed by atoms with van der Waals surface area (Å²) in [6, 6.07) is 5.73. The van der Waals surface area contributed by atoms with Gasteiger partial charge < -0.3 is 9.88 Å². The van der Waals surface area contributed by atoms with E-state index in [-0.39, 0.29) is 11.4 Å². The first kappa shape index (κ1) is 17.8. The molecule has 4 saturated carbocycles. The molecule has 6 heteroatoms. The number of carbonyl (C=O) groups is 1. The number of H-pyrrole nitrogens is 1. The van der Waals surface area contributed by atoms with Crippen LogP contribution in [0.2, 0.25) is 0 Å². The van der Waals surface area contributed by atoms with E-state index in [0.717, 1.165) is 53.6 Å². The molecule has 1 amide bonds. The summed E-state index contributed by atoms with van der Waals surface area (Å²) in [6.45, 7) is 0. The maximum absolute atomic E-state index is 13.1. The molecule has 4 aliphatic rings. The zero-order valence-corrected chi connectivity index (χ0v) is 17.1. The van der Waals surface area contributed by atoms with Crippen LogP contribution in [-0.4, -0.2) is 31.2 Å². The highest BCUT2D eigenvalue weighted by Gasteiger charge is 2.51. The minimum Gasteiger partial charge on any atom is -0.347 e. The number of nitrogens with one attached hydrogen (secondary N) is 2. The normalized spacial score (nSPS) is 29.0. The molecule has 3 aromatic rings. The molecule has 2 aromatic heterocycles. The predicted molar refractivity (Wildman–Crippen MR) is 114 cm³/mol. The molecule has 1 aromatic carbocycles. The lowest BCUT2D eigenvalue weighted by molar-refractivity contribution is -0.0167. The Hall–Kier alpha value is -3.07. The van der Waals surface area contributed by atoms with Crippen LogP contribution in [0, 0.1) is 29.6 Å². The van der Waals surface area contributed by atoms with Gasteiger partial charge >= 0.3 is 0 Å². The minimum absolute atomic E-state index is 0.0223. The first-order valence-electron chi connectivity index (χ1n) is 10.9. The number of benzene rings is 1. The van der Waals surface area contributed by atoms with Crippen molar-refractivity contribution >= 4 is 16.8 Å². The van der Waals surface area contributed by atoms with Crippen molar-refractivity contribution in [3.8, 4) is 11.8 Å². The van der Waals surface area contributed by atoms with E-state index in [9.17, 15) is 4.79 Å². The lowest BCUT2D eigenvalue weighted by Gasteiger charge is -2.56. The third-order valence-corrected chi connectivity index (χ3v) is 7.37. The van der Waals surface area contributed by atoms with E-state index in [4.69, 9.17) is 0 Å². The second-order valence-corrected chi connectivity index (χ2v) is 9.62. The number of imidazole rings is 1.